The van der Waals surface area contributed by atoms with E-state index in [1.807, 2.05) is 0 Å². The normalized spacial score (nSPS) is 22.5. The zero-order chi connectivity index (χ0) is 17.6. The summed E-state index contributed by atoms with van der Waals surface area (Å²) in [5.74, 6) is -1.17. The van der Waals surface area contributed by atoms with Gasteiger partial charge in [0.05, 0.1) is 5.57 Å². The van der Waals surface area contributed by atoms with Crippen molar-refractivity contribution < 1.29 is 32.6 Å². The van der Waals surface area contributed by atoms with Crippen LogP contribution in [0.15, 0.2) is 24.3 Å². The number of amides is 2. The lowest BCUT2D eigenvalue weighted by molar-refractivity contribution is -0.286. The smallest absolute Gasteiger partial charge is 0.395 e. The van der Waals surface area contributed by atoms with Crippen LogP contribution in [0.25, 0.3) is 5.57 Å². The van der Waals surface area contributed by atoms with Crippen molar-refractivity contribution in [3.05, 3.63) is 29.8 Å². The van der Waals surface area contributed by atoms with Crippen molar-refractivity contribution in [2.75, 3.05) is 19.8 Å². The number of para-hydroxylation sites is 1. The largest absolute Gasteiger partial charge is 0.586 e. The van der Waals surface area contributed by atoms with E-state index in [2.05, 4.69) is 9.47 Å². The van der Waals surface area contributed by atoms with Crippen molar-refractivity contribution in [2.24, 2.45) is 5.92 Å². The second-order valence-electron chi connectivity index (χ2n) is 6.17. The third-order valence-corrected chi connectivity index (χ3v) is 4.51. The average Bonchev–Trinajstić information content (AvgIpc) is 3.04. The van der Waals surface area contributed by atoms with E-state index < -0.39 is 18.1 Å². The molecule has 4 rings (SSSR count). The maximum Gasteiger partial charge on any atom is 0.586 e. The Morgan fingerprint density at radius 2 is 1.92 bits per heavy atom. The first kappa shape index (κ1) is 16.0. The molecule has 25 heavy (non-hydrogen) atoms. The van der Waals surface area contributed by atoms with E-state index in [0.29, 0.717) is 19.8 Å². The number of ether oxygens (including phenoxy) is 3. The van der Waals surface area contributed by atoms with Gasteiger partial charge in [0.25, 0.3) is 11.8 Å². The first-order valence-corrected chi connectivity index (χ1v) is 7.99. The number of rotatable bonds is 3. The van der Waals surface area contributed by atoms with E-state index in [0.717, 1.165) is 23.8 Å². The number of imide groups is 1. The van der Waals surface area contributed by atoms with Gasteiger partial charge in [-0.1, -0.05) is 12.1 Å². The topological polar surface area (TPSA) is 65.1 Å². The molecule has 0 aliphatic carbocycles. The molecule has 0 N–H and O–H groups in total. The molecule has 0 bridgehead atoms. The predicted octanol–water partition coefficient (Wildman–Crippen LogP) is 2.19. The number of carbonyl (C=O) groups excluding carboxylic acids is 2. The Kier molecular flexibility index (Phi) is 3.72. The summed E-state index contributed by atoms with van der Waals surface area (Å²) in [6, 6.07) is 4.25. The van der Waals surface area contributed by atoms with Crippen LogP contribution in [0.5, 0.6) is 11.5 Å². The molecule has 0 atom stereocenters. The maximum atomic E-state index is 13.3. The van der Waals surface area contributed by atoms with Gasteiger partial charge in [0, 0.05) is 31.4 Å². The minimum Gasteiger partial charge on any atom is -0.395 e. The minimum atomic E-state index is -3.79. The van der Waals surface area contributed by atoms with Crippen molar-refractivity contribution in [1.29, 1.82) is 0 Å². The third kappa shape index (κ3) is 2.86. The second kappa shape index (κ2) is 5.80. The summed E-state index contributed by atoms with van der Waals surface area (Å²) in [6.45, 7) is 1.50. The molecule has 0 radical (unpaired) electrons. The van der Waals surface area contributed by atoms with Crippen LogP contribution in [0.2, 0.25) is 0 Å². The van der Waals surface area contributed by atoms with Crippen LogP contribution in [0.1, 0.15) is 18.4 Å². The Bertz CT molecular complexity index is 770. The fourth-order valence-corrected chi connectivity index (χ4v) is 3.24. The minimum absolute atomic E-state index is 0.0372. The van der Waals surface area contributed by atoms with Crippen molar-refractivity contribution in [2.45, 2.75) is 19.1 Å². The Morgan fingerprint density at radius 3 is 2.68 bits per heavy atom. The molecule has 0 spiro atoms. The maximum absolute atomic E-state index is 13.3. The number of alkyl halides is 2. The predicted molar refractivity (Wildman–Crippen MR) is 80.9 cm³/mol. The van der Waals surface area contributed by atoms with Gasteiger partial charge in [-0.05, 0) is 24.8 Å². The summed E-state index contributed by atoms with van der Waals surface area (Å²) in [5.41, 5.74) is 0.165. The second-order valence-corrected chi connectivity index (χ2v) is 6.17. The summed E-state index contributed by atoms with van der Waals surface area (Å²) in [4.78, 5) is 26.1. The molecule has 132 valence electrons. The highest BCUT2D eigenvalue weighted by molar-refractivity contribution is 6.33. The monoisotopic (exact) mass is 351 g/mol. The molecule has 8 heteroatoms. The fraction of sp³-hybridized carbons (Fsp3) is 0.412. The quantitative estimate of drug-likeness (QED) is 0.781. The fourth-order valence-electron chi connectivity index (χ4n) is 3.24. The molecule has 6 nitrogen and oxygen atoms in total. The molecule has 1 fully saturated rings. The standard InChI is InChI=1S/C17H15F2NO5/c18-17(19)24-13-3-1-2-11(15(13)25-17)12-8-14(21)20(16(12)22)9-10-4-6-23-7-5-10/h1-3,8,10H,4-7,9H2. The zero-order valence-electron chi connectivity index (χ0n) is 13.2. The summed E-state index contributed by atoms with van der Waals surface area (Å²) in [7, 11) is 0. The van der Waals surface area contributed by atoms with Gasteiger partial charge in [-0.15, -0.1) is 8.78 Å². The van der Waals surface area contributed by atoms with Crippen LogP contribution in [-0.4, -0.2) is 42.8 Å². The molecular weight excluding hydrogens is 336 g/mol. The van der Waals surface area contributed by atoms with Gasteiger partial charge in [-0.2, -0.15) is 0 Å². The summed E-state index contributed by atoms with van der Waals surface area (Å²) < 4.78 is 40.8. The van der Waals surface area contributed by atoms with E-state index in [1.54, 1.807) is 0 Å². The van der Waals surface area contributed by atoms with Crippen LogP contribution >= 0.6 is 0 Å². The number of nitrogens with zero attached hydrogens (tertiary/aromatic N) is 1. The van der Waals surface area contributed by atoms with Crippen LogP contribution < -0.4 is 9.47 Å². The number of hydrogen-bond donors (Lipinski definition) is 0. The number of benzene rings is 1. The molecule has 2 amide bonds. The average molecular weight is 351 g/mol. The number of hydrogen-bond acceptors (Lipinski definition) is 5. The number of fused-ring (bicyclic) bond motifs is 1. The molecule has 1 saturated heterocycles. The van der Waals surface area contributed by atoms with Gasteiger partial charge < -0.3 is 14.2 Å². The molecule has 3 heterocycles. The van der Waals surface area contributed by atoms with Gasteiger partial charge >= 0.3 is 6.29 Å². The van der Waals surface area contributed by atoms with Crippen molar-refractivity contribution in [3.63, 3.8) is 0 Å². The molecule has 1 aromatic carbocycles. The molecule has 0 unspecified atom stereocenters. The summed E-state index contributed by atoms with van der Waals surface area (Å²) >= 11 is 0. The van der Waals surface area contributed by atoms with Gasteiger partial charge in [-0.25, -0.2) is 0 Å². The van der Waals surface area contributed by atoms with Crippen molar-refractivity contribution in [3.8, 4) is 11.5 Å². The van der Waals surface area contributed by atoms with E-state index in [1.165, 1.54) is 18.2 Å². The van der Waals surface area contributed by atoms with Crippen LogP contribution in [0, 0.1) is 5.92 Å². The molecule has 3 aliphatic rings. The highest BCUT2D eigenvalue weighted by atomic mass is 19.3. The Balaban J connectivity index is 1.59. The van der Waals surface area contributed by atoms with Crippen molar-refractivity contribution in [1.82, 2.24) is 4.90 Å². The van der Waals surface area contributed by atoms with Gasteiger partial charge in [-0.3, -0.25) is 14.5 Å². The zero-order valence-corrected chi connectivity index (χ0v) is 13.2. The van der Waals surface area contributed by atoms with Gasteiger partial charge in [0.15, 0.2) is 11.5 Å². The SMILES string of the molecule is O=C1C=C(c2cccc3c2OC(F)(F)O3)C(=O)N1CC1CCOCC1. The Labute approximate surface area is 141 Å². The third-order valence-electron chi connectivity index (χ3n) is 4.51. The van der Waals surface area contributed by atoms with E-state index in [9.17, 15) is 18.4 Å². The summed E-state index contributed by atoms with van der Waals surface area (Å²) in [5, 5.41) is 0. The van der Waals surface area contributed by atoms with Crippen LogP contribution in [0.3, 0.4) is 0 Å². The first-order valence-electron chi connectivity index (χ1n) is 7.99. The lowest BCUT2D eigenvalue weighted by Gasteiger charge is -2.26. The van der Waals surface area contributed by atoms with Crippen LogP contribution in [-0.2, 0) is 14.3 Å². The summed E-state index contributed by atoms with van der Waals surface area (Å²) in [6.07, 6.45) is -1.07. The molecule has 0 aromatic heterocycles. The van der Waals surface area contributed by atoms with Crippen molar-refractivity contribution >= 4 is 17.4 Å². The molecule has 3 aliphatic heterocycles. The Morgan fingerprint density at radius 1 is 1.16 bits per heavy atom. The highest BCUT2D eigenvalue weighted by Gasteiger charge is 2.46. The lowest BCUT2D eigenvalue weighted by Crippen LogP contribution is -2.37. The molecular formula is C17H15F2NO5. The number of carbonyl (C=O) groups is 2. The van der Waals surface area contributed by atoms with Crippen LogP contribution in [0.4, 0.5) is 8.78 Å². The number of halogens is 2. The van der Waals surface area contributed by atoms with E-state index in [4.69, 9.17) is 4.74 Å². The van der Waals surface area contributed by atoms with E-state index >= 15 is 0 Å². The first-order chi connectivity index (χ1) is 11.9. The molecule has 1 aromatic rings. The Hall–Kier alpha value is -2.48. The van der Waals surface area contributed by atoms with E-state index in [-0.39, 0.29) is 28.6 Å². The highest BCUT2D eigenvalue weighted by Crippen LogP contribution is 2.46. The van der Waals surface area contributed by atoms with Gasteiger partial charge in [0.2, 0.25) is 0 Å². The van der Waals surface area contributed by atoms with Gasteiger partial charge in [0.1, 0.15) is 0 Å². The lowest BCUT2D eigenvalue weighted by atomic mass is 9.99. The molecule has 0 saturated carbocycles.